The van der Waals surface area contributed by atoms with Crippen LogP contribution in [0.15, 0.2) is 24.5 Å². The molecule has 1 rings (SSSR count). The molecule has 4 heteroatoms. The summed E-state index contributed by atoms with van der Waals surface area (Å²) in [6.07, 6.45) is 4.19. The number of carbonyl (C=O) groups is 1. The van der Waals surface area contributed by atoms with Crippen LogP contribution in [0.3, 0.4) is 0 Å². The number of amides is 2. The van der Waals surface area contributed by atoms with Gasteiger partial charge in [0.05, 0.1) is 11.9 Å². The Labute approximate surface area is 83.7 Å². The van der Waals surface area contributed by atoms with E-state index < -0.39 is 0 Å². The van der Waals surface area contributed by atoms with Crippen molar-refractivity contribution >= 4 is 11.7 Å². The Hall–Kier alpha value is -1.58. The lowest BCUT2D eigenvalue weighted by Crippen LogP contribution is -2.35. The van der Waals surface area contributed by atoms with E-state index in [4.69, 9.17) is 0 Å². The molecule has 0 aliphatic rings. The molecule has 0 fully saturated rings. The molecule has 4 nitrogen and oxygen atoms in total. The van der Waals surface area contributed by atoms with Gasteiger partial charge in [0.15, 0.2) is 0 Å². The number of nitrogens with one attached hydrogen (secondary N) is 2. The Morgan fingerprint density at radius 1 is 1.64 bits per heavy atom. The zero-order valence-corrected chi connectivity index (χ0v) is 8.45. The predicted octanol–water partition coefficient (Wildman–Crippen LogP) is 2.00. The van der Waals surface area contributed by atoms with Crippen LogP contribution in [0.4, 0.5) is 10.5 Å². The largest absolute Gasteiger partial charge is 0.335 e. The van der Waals surface area contributed by atoms with Crippen LogP contribution in [0, 0.1) is 0 Å². The summed E-state index contributed by atoms with van der Waals surface area (Å²) < 4.78 is 0. The average Bonchev–Trinajstić information content (AvgIpc) is 2.19. The van der Waals surface area contributed by atoms with Crippen LogP contribution in [-0.2, 0) is 0 Å². The molecule has 14 heavy (non-hydrogen) atoms. The fraction of sp³-hybridized carbons (Fsp3) is 0.400. The van der Waals surface area contributed by atoms with Gasteiger partial charge in [0.25, 0.3) is 0 Å². The number of aromatic nitrogens is 1. The molecule has 1 atom stereocenters. The standard InChI is InChI=1S/C10H15N3O/c1-3-8(2)12-10(14)13-9-5-4-6-11-7-9/h4-8H,3H2,1-2H3,(H2,12,13,14). The van der Waals surface area contributed by atoms with Crippen molar-refractivity contribution in [3.8, 4) is 0 Å². The van der Waals surface area contributed by atoms with Gasteiger partial charge in [0.1, 0.15) is 0 Å². The van der Waals surface area contributed by atoms with Crippen molar-refractivity contribution in [2.75, 3.05) is 5.32 Å². The lowest BCUT2D eigenvalue weighted by atomic mass is 10.3. The Kier molecular flexibility index (Phi) is 3.91. The molecule has 2 N–H and O–H groups in total. The highest BCUT2D eigenvalue weighted by Crippen LogP contribution is 2.02. The van der Waals surface area contributed by atoms with Crippen LogP contribution in [0.2, 0.25) is 0 Å². The van der Waals surface area contributed by atoms with Crippen LogP contribution >= 0.6 is 0 Å². The van der Waals surface area contributed by atoms with Gasteiger partial charge in [-0.15, -0.1) is 0 Å². The predicted molar refractivity (Wildman–Crippen MR) is 56.1 cm³/mol. The summed E-state index contributed by atoms with van der Waals surface area (Å²) >= 11 is 0. The molecular weight excluding hydrogens is 178 g/mol. The van der Waals surface area contributed by atoms with Crippen molar-refractivity contribution in [3.05, 3.63) is 24.5 Å². The highest BCUT2D eigenvalue weighted by molar-refractivity contribution is 5.89. The lowest BCUT2D eigenvalue weighted by molar-refractivity contribution is 0.249. The molecule has 0 bridgehead atoms. The summed E-state index contributed by atoms with van der Waals surface area (Å²) in [4.78, 5) is 15.2. The number of anilines is 1. The molecule has 0 aromatic carbocycles. The monoisotopic (exact) mass is 193 g/mol. The molecule has 1 aromatic rings. The highest BCUT2D eigenvalue weighted by Gasteiger charge is 2.04. The Morgan fingerprint density at radius 3 is 3.00 bits per heavy atom. The first-order valence-electron chi connectivity index (χ1n) is 4.70. The molecule has 1 heterocycles. The van der Waals surface area contributed by atoms with Gasteiger partial charge in [0.2, 0.25) is 0 Å². The number of nitrogens with zero attached hydrogens (tertiary/aromatic N) is 1. The van der Waals surface area contributed by atoms with Crippen molar-refractivity contribution < 1.29 is 4.79 Å². The first-order valence-corrected chi connectivity index (χ1v) is 4.70. The number of pyridine rings is 1. The number of hydrogen-bond donors (Lipinski definition) is 2. The highest BCUT2D eigenvalue weighted by atomic mass is 16.2. The number of carbonyl (C=O) groups excluding carboxylic acids is 1. The van der Waals surface area contributed by atoms with Crippen LogP contribution < -0.4 is 10.6 Å². The second-order valence-corrected chi connectivity index (χ2v) is 3.15. The molecule has 76 valence electrons. The van der Waals surface area contributed by atoms with E-state index in [0.29, 0.717) is 5.69 Å². The molecule has 0 radical (unpaired) electrons. The first-order chi connectivity index (χ1) is 6.72. The SMILES string of the molecule is CCC(C)NC(=O)Nc1cccnc1. The first kappa shape index (κ1) is 10.5. The van der Waals surface area contributed by atoms with Gasteiger partial charge in [-0.25, -0.2) is 4.79 Å². The van der Waals surface area contributed by atoms with E-state index in [1.165, 1.54) is 0 Å². The molecule has 0 aliphatic heterocycles. The van der Waals surface area contributed by atoms with Gasteiger partial charge in [-0.05, 0) is 25.5 Å². The third-order valence-electron chi connectivity index (χ3n) is 1.91. The summed E-state index contributed by atoms with van der Waals surface area (Å²) in [5.74, 6) is 0. The molecule has 0 saturated heterocycles. The van der Waals surface area contributed by atoms with Gasteiger partial charge >= 0.3 is 6.03 Å². The molecule has 1 aromatic heterocycles. The average molecular weight is 193 g/mol. The molecule has 0 spiro atoms. The minimum Gasteiger partial charge on any atom is -0.335 e. The van der Waals surface area contributed by atoms with Crippen molar-refractivity contribution in [1.82, 2.24) is 10.3 Å². The Morgan fingerprint density at radius 2 is 2.43 bits per heavy atom. The van der Waals surface area contributed by atoms with Gasteiger partial charge in [0, 0.05) is 12.2 Å². The van der Waals surface area contributed by atoms with Crippen LogP contribution in [0.1, 0.15) is 20.3 Å². The molecular formula is C10H15N3O. The Balaban J connectivity index is 2.42. The van der Waals surface area contributed by atoms with Crippen molar-refractivity contribution in [3.63, 3.8) is 0 Å². The van der Waals surface area contributed by atoms with Crippen molar-refractivity contribution in [2.24, 2.45) is 0 Å². The number of hydrogen-bond acceptors (Lipinski definition) is 2. The second-order valence-electron chi connectivity index (χ2n) is 3.15. The zero-order valence-electron chi connectivity index (χ0n) is 8.45. The molecule has 0 saturated carbocycles. The minimum absolute atomic E-state index is 0.187. The smallest absolute Gasteiger partial charge is 0.319 e. The molecule has 1 unspecified atom stereocenters. The van der Waals surface area contributed by atoms with E-state index >= 15 is 0 Å². The summed E-state index contributed by atoms with van der Waals surface area (Å²) in [6, 6.07) is 3.57. The normalized spacial score (nSPS) is 11.9. The Bertz CT molecular complexity index is 287. The summed E-state index contributed by atoms with van der Waals surface area (Å²) in [6.45, 7) is 3.98. The van der Waals surface area contributed by atoms with Gasteiger partial charge < -0.3 is 10.6 Å². The van der Waals surface area contributed by atoms with Gasteiger partial charge in [-0.1, -0.05) is 6.92 Å². The lowest BCUT2D eigenvalue weighted by Gasteiger charge is -2.11. The van der Waals surface area contributed by atoms with E-state index in [-0.39, 0.29) is 12.1 Å². The maximum absolute atomic E-state index is 11.3. The number of urea groups is 1. The fourth-order valence-corrected chi connectivity index (χ4v) is 0.930. The van der Waals surface area contributed by atoms with E-state index in [2.05, 4.69) is 15.6 Å². The zero-order chi connectivity index (χ0) is 10.4. The van der Waals surface area contributed by atoms with E-state index in [1.807, 2.05) is 13.8 Å². The third-order valence-corrected chi connectivity index (χ3v) is 1.91. The van der Waals surface area contributed by atoms with Crippen LogP contribution in [0.25, 0.3) is 0 Å². The summed E-state index contributed by atoms with van der Waals surface area (Å²) in [5, 5.41) is 5.49. The molecule has 0 aliphatic carbocycles. The van der Waals surface area contributed by atoms with E-state index in [9.17, 15) is 4.79 Å². The molecule has 2 amide bonds. The topological polar surface area (TPSA) is 54.0 Å². The minimum atomic E-state index is -0.188. The third kappa shape index (κ3) is 3.43. The van der Waals surface area contributed by atoms with Gasteiger partial charge in [-0.3, -0.25) is 4.98 Å². The maximum Gasteiger partial charge on any atom is 0.319 e. The summed E-state index contributed by atoms with van der Waals surface area (Å²) in [7, 11) is 0. The van der Waals surface area contributed by atoms with Crippen LogP contribution in [0.5, 0.6) is 0 Å². The summed E-state index contributed by atoms with van der Waals surface area (Å²) in [5.41, 5.74) is 0.702. The van der Waals surface area contributed by atoms with Crippen molar-refractivity contribution in [2.45, 2.75) is 26.3 Å². The van der Waals surface area contributed by atoms with Gasteiger partial charge in [-0.2, -0.15) is 0 Å². The fourth-order valence-electron chi connectivity index (χ4n) is 0.930. The van der Waals surface area contributed by atoms with Crippen molar-refractivity contribution in [1.29, 1.82) is 0 Å². The quantitative estimate of drug-likeness (QED) is 0.771. The maximum atomic E-state index is 11.3. The second kappa shape index (κ2) is 5.21. The van der Waals surface area contributed by atoms with E-state index in [0.717, 1.165) is 6.42 Å². The van der Waals surface area contributed by atoms with E-state index in [1.54, 1.807) is 24.5 Å². The number of rotatable bonds is 3. The van der Waals surface area contributed by atoms with Crippen LogP contribution in [-0.4, -0.2) is 17.1 Å².